The smallest absolute Gasteiger partial charge is 0.135 e. The minimum absolute atomic E-state index is 0.632. The predicted molar refractivity (Wildman–Crippen MR) is 82.3 cm³/mol. The van der Waals surface area contributed by atoms with Gasteiger partial charge in [0.2, 0.25) is 0 Å². The van der Waals surface area contributed by atoms with E-state index in [0.717, 1.165) is 19.3 Å². The molecule has 0 aliphatic heterocycles. The van der Waals surface area contributed by atoms with Crippen LogP contribution in [0.2, 0.25) is 5.02 Å². The normalized spacial score (nSPS) is 10.8. The van der Waals surface area contributed by atoms with E-state index in [4.69, 9.17) is 17.3 Å². The van der Waals surface area contributed by atoms with Gasteiger partial charge in [-0.3, -0.25) is 0 Å². The molecule has 2 rings (SSSR count). The van der Waals surface area contributed by atoms with Gasteiger partial charge in [-0.15, -0.1) is 0 Å². The highest BCUT2D eigenvalue weighted by atomic mass is 127. The third kappa shape index (κ3) is 2.77. The van der Waals surface area contributed by atoms with Crippen molar-refractivity contribution >= 4 is 55.9 Å². The van der Waals surface area contributed by atoms with Crippen LogP contribution in [0.1, 0.15) is 11.3 Å². The summed E-state index contributed by atoms with van der Waals surface area (Å²) in [6.07, 6.45) is 0. The van der Waals surface area contributed by atoms with Crippen molar-refractivity contribution in [3.63, 3.8) is 0 Å². The van der Waals surface area contributed by atoms with Crippen molar-refractivity contribution in [1.29, 1.82) is 0 Å². The van der Waals surface area contributed by atoms with Crippen LogP contribution in [0.5, 0.6) is 0 Å². The van der Waals surface area contributed by atoms with E-state index in [0.29, 0.717) is 17.4 Å². The molecule has 0 radical (unpaired) electrons. The van der Waals surface area contributed by atoms with Gasteiger partial charge >= 0.3 is 0 Å². The van der Waals surface area contributed by atoms with E-state index < -0.39 is 0 Å². The van der Waals surface area contributed by atoms with Gasteiger partial charge in [-0.05, 0) is 47.2 Å². The molecule has 2 aromatic rings. The Kier molecular flexibility index (Phi) is 3.99. The first-order valence-corrected chi connectivity index (χ1v) is 7.16. The van der Waals surface area contributed by atoms with E-state index in [2.05, 4.69) is 43.6 Å². The number of nitrogens with zero attached hydrogens (tertiary/aromatic N) is 2. The maximum Gasteiger partial charge on any atom is 0.135 e. The van der Waals surface area contributed by atoms with E-state index in [1.54, 1.807) is 4.68 Å². The number of aryl methyl sites for hydroxylation is 1. The molecule has 0 spiro atoms. The van der Waals surface area contributed by atoms with E-state index >= 15 is 0 Å². The van der Waals surface area contributed by atoms with Gasteiger partial charge in [0, 0.05) is 9.50 Å². The molecule has 0 saturated carbocycles. The number of benzene rings is 1. The summed E-state index contributed by atoms with van der Waals surface area (Å²) in [7, 11) is 0. The van der Waals surface area contributed by atoms with Crippen LogP contribution in [0.25, 0.3) is 0 Å². The van der Waals surface area contributed by atoms with Crippen molar-refractivity contribution in [3.05, 3.63) is 42.5 Å². The average molecular weight is 426 g/mol. The van der Waals surface area contributed by atoms with Crippen LogP contribution in [0.4, 0.5) is 5.82 Å². The molecule has 1 aromatic heterocycles. The number of hydrogen-bond donors (Lipinski definition) is 1. The number of rotatable bonds is 2. The summed E-state index contributed by atoms with van der Waals surface area (Å²) in [6.45, 7) is 2.58. The lowest BCUT2D eigenvalue weighted by molar-refractivity contribution is 0.687. The van der Waals surface area contributed by atoms with Crippen molar-refractivity contribution in [2.75, 3.05) is 5.73 Å². The monoisotopic (exact) mass is 425 g/mol. The van der Waals surface area contributed by atoms with Gasteiger partial charge in [-0.1, -0.05) is 33.6 Å². The van der Waals surface area contributed by atoms with Crippen LogP contribution in [0.15, 0.2) is 22.7 Å². The Morgan fingerprint density at radius 1 is 1.53 bits per heavy atom. The molecule has 17 heavy (non-hydrogen) atoms. The van der Waals surface area contributed by atoms with E-state index in [1.807, 2.05) is 25.1 Å². The summed E-state index contributed by atoms with van der Waals surface area (Å²) in [5, 5.41) is 5.11. The summed E-state index contributed by atoms with van der Waals surface area (Å²) >= 11 is 11.6. The number of halogens is 3. The second-order valence-electron chi connectivity index (χ2n) is 3.68. The molecule has 0 amide bonds. The van der Waals surface area contributed by atoms with Crippen molar-refractivity contribution in [1.82, 2.24) is 9.78 Å². The highest BCUT2D eigenvalue weighted by molar-refractivity contribution is 14.1. The van der Waals surface area contributed by atoms with Crippen molar-refractivity contribution in [3.8, 4) is 0 Å². The van der Waals surface area contributed by atoms with Crippen LogP contribution >= 0.6 is 50.1 Å². The fraction of sp³-hybridized carbons (Fsp3) is 0.182. The largest absolute Gasteiger partial charge is 0.383 e. The maximum absolute atomic E-state index is 5.98. The minimum atomic E-state index is 0.632. The molecule has 1 heterocycles. The first kappa shape index (κ1) is 13.2. The van der Waals surface area contributed by atoms with Gasteiger partial charge in [0.1, 0.15) is 5.82 Å². The van der Waals surface area contributed by atoms with Gasteiger partial charge in [0.25, 0.3) is 0 Å². The standard InChI is InChI=1S/C11H10BrClIN3/c1-6-10(14)11(15)17(16-6)5-7-2-3-8(13)4-9(7)12/h2-4H,5,15H2,1H3. The van der Waals surface area contributed by atoms with Crippen molar-refractivity contribution in [2.24, 2.45) is 0 Å². The summed E-state index contributed by atoms with van der Waals surface area (Å²) in [5.41, 5.74) is 8.03. The summed E-state index contributed by atoms with van der Waals surface area (Å²) in [4.78, 5) is 0. The number of anilines is 1. The fourth-order valence-corrected chi connectivity index (χ4v) is 2.70. The highest BCUT2D eigenvalue weighted by Gasteiger charge is 2.11. The average Bonchev–Trinajstić information content (AvgIpc) is 2.50. The highest BCUT2D eigenvalue weighted by Crippen LogP contribution is 2.24. The topological polar surface area (TPSA) is 43.8 Å². The molecule has 0 saturated heterocycles. The lowest BCUT2D eigenvalue weighted by Crippen LogP contribution is -2.06. The minimum Gasteiger partial charge on any atom is -0.383 e. The van der Waals surface area contributed by atoms with E-state index in [1.165, 1.54) is 0 Å². The van der Waals surface area contributed by atoms with Gasteiger partial charge < -0.3 is 5.73 Å². The molecule has 6 heteroatoms. The van der Waals surface area contributed by atoms with E-state index in [-0.39, 0.29) is 0 Å². The zero-order chi connectivity index (χ0) is 12.6. The lowest BCUT2D eigenvalue weighted by Gasteiger charge is -2.07. The first-order valence-electron chi connectivity index (χ1n) is 4.91. The Bertz CT molecular complexity index is 568. The number of hydrogen-bond acceptors (Lipinski definition) is 2. The fourth-order valence-electron chi connectivity index (χ4n) is 1.51. The van der Waals surface area contributed by atoms with Crippen LogP contribution in [0.3, 0.4) is 0 Å². The molecule has 0 aliphatic rings. The van der Waals surface area contributed by atoms with Crippen LogP contribution in [0, 0.1) is 10.5 Å². The molecule has 90 valence electrons. The maximum atomic E-state index is 5.98. The number of nitrogens with two attached hydrogens (primary N) is 1. The zero-order valence-electron chi connectivity index (χ0n) is 9.04. The number of aromatic nitrogens is 2. The zero-order valence-corrected chi connectivity index (χ0v) is 13.5. The molecule has 2 N–H and O–H groups in total. The molecule has 1 aromatic carbocycles. The molecule has 0 fully saturated rings. The summed E-state index contributed by atoms with van der Waals surface area (Å²) in [5.74, 6) is 0.699. The molecule has 3 nitrogen and oxygen atoms in total. The second kappa shape index (κ2) is 5.16. The van der Waals surface area contributed by atoms with Gasteiger partial charge in [0.05, 0.1) is 15.8 Å². The van der Waals surface area contributed by atoms with Gasteiger partial charge in [-0.2, -0.15) is 5.10 Å². The van der Waals surface area contributed by atoms with Crippen LogP contribution in [-0.4, -0.2) is 9.78 Å². The molecule has 0 bridgehead atoms. The van der Waals surface area contributed by atoms with Gasteiger partial charge in [-0.25, -0.2) is 4.68 Å². The van der Waals surface area contributed by atoms with E-state index in [9.17, 15) is 0 Å². The van der Waals surface area contributed by atoms with Crippen molar-refractivity contribution < 1.29 is 0 Å². The molecule has 0 unspecified atom stereocenters. The Morgan fingerprint density at radius 3 is 2.76 bits per heavy atom. The molecule has 0 aliphatic carbocycles. The first-order chi connectivity index (χ1) is 7.99. The van der Waals surface area contributed by atoms with Crippen molar-refractivity contribution in [2.45, 2.75) is 13.5 Å². The van der Waals surface area contributed by atoms with Crippen LogP contribution < -0.4 is 5.73 Å². The Balaban J connectivity index is 2.34. The number of nitrogen functional groups attached to an aromatic ring is 1. The second-order valence-corrected chi connectivity index (χ2v) is 6.05. The molecule has 0 atom stereocenters. The van der Waals surface area contributed by atoms with Gasteiger partial charge in [0.15, 0.2) is 0 Å². The molecular weight excluding hydrogens is 416 g/mol. The molecular formula is C11H10BrClIN3. The Morgan fingerprint density at radius 2 is 2.24 bits per heavy atom. The predicted octanol–water partition coefficient (Wildman–Crippen LogP) is 3.84. The third-order valence-electron chi connectivity index (χ3n) is 2.43. The van der Waals surface area contributed by atoms with Crippen LogP contribution in [-0.2, 0) is 6.54 Å². The Hall–Kier alpha value is -0.270. The summed E-state index contributed by atoms with van der Waals surface area (Å²) < 4.78 is 3.77. The lowest BCUT2D eigenvalue weighted by atomic mass is 10.2. The summed E-state index contributed by atoms with van der Waals surface area (Å²) in [6, 6.07) is 5.70. The SMILES string of the molecule is Cc1nn(Cc2ccc(Cl)cc2Br)c(N)c1I. The quantitative estimate of drug-likeness (QED) is 0.742. The Labute approximate surface area is 127 Å². The third-order valence-corrected chi connectivity index (χ3v) is 4.73.